The Morgan fingerprint density at radius 1 is 1.14 bits per heavy atom. The number of hydrogen-bond acceptors (Lipinski definition) is 5. The van der Waals surface area contributed by atoms with Gasteiger partial charge in [-0.3, -0.25) is 4.99 Å². The van der Waals surface area contributed by atoms with Crippen molar-refractivity contribution in [2.45, 2.75) is 25.6 Å². The highest BCUT2D eigenvalue weighted by atomic mass is 19.4. The second-order valence-electron chi connectivity index (χ2n) is 7.08. The molecular weight excluding hydrogens is 371 g/mol. The number of halogens is 3. The Morgan fingerprint density at radius 3 is 2.82 bits per heavy atom. The second-order valence-corrected chi connectivity index (χ2v) is 7.08. The fourth-order valence-electron chi connectivity index (χ4n) is 3.41. The van der Waals surface area contributed by atoms with Gasteiger partial charge in [-0.2, -0.15) is 18.3 Å². The van der Waals surface area contributed by atoms with Crippen molar-refractivity contribution in [2.24, 2.45) is 4.99 Å². The van der Waals surface area contributed by atoms with E-state index in [0.717, 1.165) is 37.4 Å². The molecule has 3 heterocycles. The normalized spacial score (nSPS) is 18.4. The summed E-state index contributed by atoms with van der Waals surface area (Å²) in [7, 11) is 1.97. The van der Waals surface area contributed by atoms with Gasteiger partial charge in [-0.15, -0.1) is 0 Å². The molecule has 4 bridgehead atoms. The van der Waals surface area contributed by atoms with Crippen LogP contribution in [0.1, 0.15) is 18.4 Å². The first-order valence-corrected chi connectivity index (χ1v) is 9.30. The van der Waals surface area contributed by atoms with Crippen LogP contribution in [0.3, 0.4) is 0 Å². The van der Waals surface area contributed by atoms with Gasteiger partial charge in [0.1, 0.15) is 24.0 Å². The molecule has 0 unspecified atom stereocenters. The predicted molar refractivity (Wildman–Crippen MR) is 101 cm³/mol. The summed E-state index contributed by atoms with van der Waals surface area (Å²) in [6, 6.07) is 3.83. The molecule has 4 rings (SSSR count). The number of fused-ring (bicyclic) bond motifs is 4. The number of aryl methyl sites for hydroxylation is 1. The lowest BCUT2D eigenvalue weighted by Crippen LogP contribution is -2.26. The van der Waals surface area contributed by atoms with E-state index in [9.17, 15) is 13.2 Å². The highest BCUT2D eigenvalue weighted by molar-refractivity contribution is 5.99. The molecule has 0 radical (unpaired) electrons. The zero-order valence-electron chi connectivity index (χ0n) is 15.6. The number of aliphatic imine (C=N–C) groups is 1. The van der Waals surface area contributed by atoms with Crippen molar-refractivity contribution >= 4 is 11.7 Å². The minimum atomic E-state index is -4.46. The molecule has 9 heteroatoms. The van der Waals surface area contributed by atoms with E-state index in [-0.39, 0.29) is 5.75 Å². The zero-order chi connectivity index (χ0) is 19.7. The number of alkyl halides is 3. The van der Waals surface area contributed by atoms with Crippen LogP contribution in [0.5, 0.6) is 5.75 Å². The summed E-state index contributed by atoms with van der Waals surface area (Å²) < 4.78 is 47.8. The number of rotatable bonds is 0. The van der Waals surface area contributed by atoms with Crippen LogP contribution in [0.2, 0.25) is 0 Å². The molecule has 0 fully saturated rings. The minimum absolute atomic E-state index is 0.206. The fourth-order valence-corrected chi connectivity index (χ4v) is 3.41. The van der Waals surface area contributed by atoms with Gasteiger partial charge < -0.3 is 15.0 Å². The first-order chi connectivity index (χ1) is 13.4. The molecule has 0 saturated carbocycles. The lowest BCUT2D eigenvalue weighted by Gasteiger charge is -2.20. The summed E-state index contributed by atoms with van der Waals surface area (Å²) in [5.41, 5.74) is 0.292. The molecule has 0 spiro atoms. The van der Waals surface area contributed by atoms with Gasteiger partial charge in [-0.25, -0.2) is 4.68 Å². The summed E-state index contributed by atoms with van der Waals surface area (Å²) in [5, 5.41) is 7.58. The third kappa shape index (κ3) is 3.99. The first-order valence-electron chi connectivity index (χ1n) is 9.30. The predicted octanol–water partition coefficient (Wildman–Crippen LogP) is 3.50. The zero-order valence-corrected chi connectivity index (χ0v) is 15.6. The van der Waals surface area contributed by atoms with Crippen molar-refractivity contribution in [1.82, 2.24) is 14.7 Å². The number of nitrogens with zero attached hydrogens (tertiary/aromatic N) is 4. The SMILES string of the molecule is CN1CCCN=C2CCn3ncc(c3N2)-c2cc(cc(C(F)(F)F)c2)OCC1. The molecule has 2 aliphatic rings. The van der Waals surface area contributed by atoms with E-state index in [1.165, 1.54) is 0 Å². The molecule has 0 saturated heterocycles. The van der Waals surface area contributed by atoms with E-state index in [0.29, 0.717) is 43.2 Å². The number of benzene rings is 1. The van der Waals surface area contributed by atoms with Crippen molar-refractivity contribution in [2.75, 3.05) is 38.6 Å². The number of hydrogen-bond donors (Lipinski definition) is 1. The maximum absolute atomic E-state index is 13.4. The largest absolute Gasteiger partial charge is 0.492 e. The fraction of sp³-hybridized carbons (Fsp3) is 0.474. The molecule has 0 atom stereocenters. The van der Waals surface area contributed by atoms with E-state index < -0.39 is 11.7 Å². The first kappa shape index (κ1) is 18.8. The summed E-state index contributed by atoms with van der Waals surface area (Å²) >= 11 is 0. The Hall–Kier alpha value is -2.55. The average molecular weight is 393 g/mol. The molecule has 6 nitrogen and oxygen atoms in total. The Morgan fingerprint density at radius 2 is 2.00 bits per heavy atom. The Balaban J connectivity index is 1.79. The second kappa shape index (κ2) is 7.46. The van der Waals surface area contributed by atoms with Crippen LogP contribution < -0.4 is 10.1 Å². The minimum Gasteiger partial charge on any atom is -0.492 e. The molecule has 2 aromatic rings. The summed E-state index contributed by atoms with van der Waals surface area (Å²) in [5.74, 6) is 1.72. The summed E-state index contributed by atoms with van der Waals surface area (Å²) in [4.78, 5) is 6.72. The van der Waals surface area contributed by atoms with Crippen molar-refractivity contribution < 1.29 is 17.9 Å². The highest BCUT2D eigenvalue weighted by Crippen LogP contribution is 2.38. The van der Waals surface area contributed by atoms with Crippen LogP contribution in [0.4, 0.5) is 19.0 Å². The molecule has 150 valence electrons. The third-order valence-electron chi connectivity index (χ3n) is 4.95. The van der Waals surface area contributed by atoms with Gasteiger partial charge in [0.2, 0.25) is 0 Å². The number of nitrogens with one attached hydrogen (secondary N) is 1. The van der Waals surface area contributed by atoms with Crippen LogP contribution in [0.15, 0.2) is 29.4 Å². The number of ether oxygens (including phenoxy) is 1. The number of amidine groups is 1. The van der Waals surface area contributed by atoms with Crippen LogP contribution in [0, 0.1) is 0 Å². The molecule has 2 aliphatic heterocycles. The van der Waals surface area contributed by atoms with E-state index in [4.69, 9.17) is 4.74 Å². The standard InChI is InChI=1S/C19H22F3N5O/c1-26-5-2-4-23-17-3-6-27-18(25-17)16(12-24-27)13-9-14(19(20,21)22)11-15(10-13)28-8-7-26/h9-12H,2-8H2,1H3,(H,23,25). The number of likely N-dealkylation sites (N-methyl/N-ethyl adjacent to an activating group) is 1. The van der Waals surface area contributed by atoms with E-state index in [1.807, 2.05) is 7.05 Å². The van der Waals surface area contributed by atoms with Gasteiger partial charge in [0.15, 0.2) is 0 Å². The van der Waals surface area contributed by atoms with Gasteiger partial charge in [0.05, 0.1) is 18.3 Å². The topological polar surface area (TPSA) is 54.7 Å². The van der Waals surface area contributed by atoms with Gasteiger partial charge in [-0.05, 0) is 43.8 Å². The maximum Gasteiger partial charge on any atom is 0.416 e. The van der Waals surface area contributed by atoms with Crippen LogP contribution >= 0.6 is 0 Å². The molecular formula is C19H22F3N5O. The Labute approximate surface area is 161 Å². The lowest BCUT2D eigenvalue weighted by atomic mass is 10.0. The van der Waals surface area contributed by atoms with Gasteiger partial charge in [-0.1, -0.05) is 0 Å². The number of anilines is 1. The smallest absolute Gasteiger partial charge is 0.416 e. The van der Waals surface area contributed by atoms with Gasteiger partial charge in [0, 0.05) is 25.1 Å². The average Bonchev–Trinajstić information content (AvgIpc) is 3.07. The quantitative estimate of drug-likeness (QED) is 0.745. The van der Waals surface area contributed by atoms with Crippen LogP contribution in [-0.2, 0) is 12.7 Å². The lowest BCUT2D eigenvalue weighted by molar-refractivity contribution is -0.137. The van der Waals surface area contributed by atoms with E-state index in [2.05, 4.69) is 20.3 Å². The van der Waals surface area contributed by atoms with Crippen LogP contribution in [0.25, 0.3) is 11.1 Å². The van der Waals surface area contributed by atoms with Crippen LogP contribution in [-0.4, -0.2) is 53.8 Å². The molecule has 28 heavy (non-hydrogen) atoms. The summed E-state index contributed by atoms with van der Waals surface area (Å²) in [6.45, 7) is 3.13. The highest BCUT2D eigenvalue weighted by Gasteiger charge is 2.32. The molecule has 1 aromatic carbocycles. The monoisotopic (exact) mass is 393 g/mol. The van der Waals surface area contributed by atoms with Crippen molar-refractivity contribution in [3.8, 4) is 16.9 Å². The molecule has 1 aromatic heterocycles. The number of aromatic nitrogens is 2. The van der Waals surface area contributed by atoms with Crippen molar-refractivity contribution in [1.29, 1.82) is 0 Å². The third-order valence-corrected chi connectivity index (χ3v) is 4.95. The molecule has 0 aliphatic carbocycles. The molecule has 0 amide bonds. The van der Waals surface area contributed by atoms with E-state index in [1.54, 1.807) is 16.9 Å². The Bertz CT molecular complexity index is 890. The molecule has 1 N–H and O–H groups in total. The summed E-state index contributed by atoms with van der Waals surface area (Å²) in [6.07, 6.45) is -1.24. The van der Waals surface area contributed by atoms with Crippen molar-refractivity contribution in [3.05, 3.63) is 30.0 Å². The maximum atomic E-state index is 13.4. The van der Waals surface area contributed by atoms with Gasteiger partial charge in [0.25, 0.3) is 0 Å². The van der Waals surface area contributed by atoms with E-state index >= 15 is 0 Å². The van der Waals surface area contributed by atoms with Gasteiger partial charge >= 0.3 is 6.18 Å². The van der Waals surface area contributed by atoms with Crippen molar-refractivity contribution in [3.63, 3.8) is 0 Å². The Kier molecular flexibility index (Phi) is 5.01.